The van der Waals surface area contributed by atoms with Gasteiger partial charge in [0.1, 0.15) is 5.75 Å². The smallest absolute Gasteiger partial charge is 0.251 e. The Morgan fingerprint density at radius 2 is 2.05 bits per heavy atom. The quantitative estimate of drug-likeness (QED) is 0.795. The molecule has 0 heterocycles. The first-order valence-corrected chi connectivity index (χ1v) is 6.93. The van der Waals surface area contributed by atoms with Crippen LogP contribution in [0.5, 0.6) is 5.75 Å². The predicted octanol–water partition coefficient (Wildman–Crippen LogP) is 2.68. The van der Waals surface area contributed by atoms with E-state index in [0.717, 1.165) is 0 Å². The van der Waals surface area contributed by atoms with E-state index >= 15 is 0 Å². The molecule has 0 saturated carbocycles. The number of rotatable bonds is 4. The molecule has 1 rings (SSSR count). The summed E-state index contributed by atoms with van der Waals surface area (Å²) in [7, 11) is 0. The van der Waals surface area contributed by atoms with E-state index in [2.05, 4.69) is 21.2 Å². The second-order valence-electron chi connectivity index (χ2n) is 5.79. The first-order chi connectivity index (χ1) is 8.69. The van der Waals surface area contributed by atoms with Gasteiger partial charge in [0.15, 0.2) is 0 Å². The molecule has 5 heteroatoms. The number of aliphatic hydroxyl groups excluding tert-OH is 1. The molecule has 0 saturated heterocycles. The number of amides is 1. The van der Waals surface area contributed by atoms with E-state index in [9.17, 15) is 15.0 Å². The summed E-state index contributed by atoms with van der Waals surface area (Å²) in [5, 5.41) is 22.0. The van der Waals surface area contributed by atoms with Gasteiger partial charge in [-0.1, -0.05) is 20.8 Å². The third-order valence-electron chi connectivity index (χ3n) is 2.55. The zero-order chi connectivity index (χ0) is 14.6. The van der Waals surface area contributed by atoms with E-state index in [-0.39, 0.29) is 23.6 Å². The maximum Gasteiger partial charge on any atom is 0.251 e. The molecule has 0 radical (unpaired) electrons. The standard InChI is InChI=1S/C14H20BrNO3/c1-14(2,3)7-10(17)8-16-13(19)9-4-5-11(15)12(18)6-9/h4-6,10,17-18H,7-8H2,1-3H3,(H,16,19). The molecular formula is C14H20BrNO3. The third-order valence-corrected chi connectivity index (χ3v) is 3.23. The van der Waals surface area contributed by atoms with E-state index in [1.165, 1.54) is 6.07 Å². The predicted molar refractivity (Wildman–Crippen MR) is 78.2 cm³/mol. The van der Waals surface area contributed by atoms with E-state index in [1.54, 1.807) is 12.1 Å². The molecule has 4 nitrogen and oxygen atoms in total. The first-order valence-electron chi connectivity index (χ1n) is 6.14. The molecular weight excluding hydrogens is 310 g/mol. The fourth-order valence-corrected chi connectivity index (χ4v) is 1.99. The Balaban J connectivity index is 2.53. The molecule has 0 bridgehead atoms. The molecule has 3 N–H and O–H groups in total. The normalized spacial score (nSPS) is 13.1. The van der Waals surface area contributed by atoms with Gasteiger partial charge in [-0.3, -0.25) is 4.79 Å². The maximum absolute atomic E-state index is 11.8. The number of carbonyl (C=O) groups is 1. The first kappa shape index (κ1) is 16.0. The second-order valence-corrected chi connectivity index (χ2v) is 6.65. The van der Waals surface area contributed by atoms with E-state index in [0.29, 0.717) is 16.5 Å². The zero-order valence-electron chi connectivity index (χ0n) is 11.4. The monoisotopic (exact) mass is 329 g/mol. The molecule has 0 aromatic heterocycles. The van der Waals surface area contributed by atoms with Crippen molar-refractivity contribution in [3.05, 3.63) is 28.2 Å². The molecule has 1 atom stereocenters. The lowest BCUT2D eigenvalue weighted by molar-refractivity contribution is 0.0868. The summed E-state index contributed by atoms with van der Waals surface area (Å²) < 4.78 is 0.539. The van der Waals surface area contributed by atoms with Crippen molar-refractivity contribution in [1.82, 2.24) is 5.32 Å². The van der Waals surface area contributed by atoms with Crippen molar-refractivity contribution in [2.45, 2.75) is 33.3 Å². The molecule has 0 aliphatic heterocycles. The minimum absolute atomic E-state index is 0.0139. The Morgan fingerprint density at radius 3 is 2.58 bits per heavy atom. The average Bonchev–Trinajstić information content (AvgIpc) is 2.27. The summed E-state index contributed by atoms with van der Waals surface area (Å²) in [6.45, 7) is 6.30. The molecule has 19 heavy (non-hydrogen) atoms. The molecule has 1 amide bonds. The van der Waals surface area contributed by atoms with Crippen molar-refractivity contribution >= 4 is 21.8 Å². The number of aromatic hydroxyl groups is 1. The SMILES string of the molecule is CC(C)(C)CC(O)CNC(=O)c1ccc(Br)c(O)c1. The highest BCUT2D eigenvalue weighted by Gasteiger charge is 2.17. The van der Waals surface area contributed by atoms with Crippen LogP contribution in [0.3, 0.4) is 0 Å². The van der Waals surface area contributed by atoms with Crippen LogP contribution in [0.15, 0.2) is 22.7 Å². The topological polar surface area (TPSA) is 69.6 Å². The van der Waals surface area contributed by atoms with Gasteiger partial charge in [-0.2, -0.15) is 0 Å². The van der Waals surface area contributed by atoms with Crippen LogP contribution in [0.25, 0.3) is 0 Å². The van der Waals surface area contributed by atoms with Crippen LogP contribution in [0, 0.1) is 5.41 Å². The number of hydrogen-bond acceptors (Lipinski definition) is 3. The Kier molecular flexibility index (Phi) is 5.38. The minimum atomic E-state index is -0.576. The number of benzene rings is 1. The highest BCUT2D eigenvalue weighted by atomic mass is 79.9. The van der Waals surface area contributed by atoms with Crippen LogP contribution >= 0.6 is 15.9 Å². The van der Waals surface area contributed by atoms with Crippen molar-refractivity contribution < 1.29 is 15.0 Å². The highest BCUT2D eigenvalue weighted by molar-refractivity contribution is 9.10. The highest BCUT2D eigenvalue weighted by Crippen LogP contribution is 2.24. The number of hydrogen-bond donors (Lipinski definition) is 3. The largest absolute Gasteiger partial charge is 0.507 e. The van der Waals surface area contributed by atoms with Gasteiger partial charge in [-0.15, -0.1) is 0 Å². The lowest BCUT2D eigenvalue weighted by Gasteiger charge is -2.22. The van der Waals surface area contributed by atoms with E-state index in [1.807, 2.05) is 20.8 Å². The van der Waals surface area contributed by atoms with Crippen LogP contribution in [-0.2, 0) is 0 Å². The van der Waals surface area contributed by atoms with E-state index < -0.39 is 6.10 Å². The lowest BCUT2D eigenvalue weighted by atomic mass is 9.89. The fourth-order valence-electron chi connectivity index (χ4n) is 1.75. The van der Waals surface area contributed by atoms with Gasteiger partial charge in [-0.25, -0.2) is 0 Å². The van der Waals surface area contributed by atoms with Gasteiger partial charge >= 0.3 is 0 Å². The molecule has 1 unspecified atom stereocenters. The molecule has 0 aliphatic carbocycles. The number of nitrogens with one attached hydrogen (secondary N) is 1. The maximum atomic E-state index is 11.8. The molecule has 1 aromatic rings. The van der Waals surface area contributed by atoms with Crippen molar-refractivity contribution in [3.8, 4) is 5.75 Å². The summed E-state index contributed by atoms with van der Waals surface area (Å²) in [6, 6.07) is 4.60. The Labute approximate surface area is 122 Å². The molecule has 0 fully saturated rings. The summed E-state index contributed by atoms with van der Waals surface area (Å²) >= 11 is 3.15. The van der Waals surface area contributed by atoms with Crippen molar-refractivity contribution in [2.24, 2.45) is 5.41 Å². The molecule has 0 aliphatic rings. The number of phenols is 1. The van der Waals surface area contributed by atoms with Crippen LogP contribution in [0.4, 0.5) is 0 Å². The zero-order valence-corrected chi connectivity index (χ0v) is 13.0. The summed E-state index contributed by atoms with van der Waals surface area (Å²) in [6.07, 6.45) is 0.0341. The summed E-state index contributed by atoms with van der Waals surface area (Å²) in [5.41, 5.74) is 0.378. The van der Waals surface area contributed by atoms with Gasteiger partial charge in [0, 0.05) is 12.1 Å². The summed E-state index contributed by atoms with van der Waals surface area (Å²) in [5.74, 6) is -0.293. The van der Waals surface area contributed by atoms with Crippen molar-refractivity contribution in [3.63, 3.8) is 0 Å². The van der Waals surface area contributed by atoms with Gasteiger partial charge in [-0.05, 0) is 46.0 Å². The number of carbonyl (C=O) groups excluding carboxylic acids is 1. The Morgan fingerprint density at radius 1 is 1.42 bits per heavy atom. The average molecular weight is 330 g/mol. The second kappa shape index (κ2) is 6.39. The van der Waals surface area contributed by atoms with Crippen LogP contribution in [-0.4, -0.2) is 28.8 Å². The van der Waals surface area contributed by atoms with Crippen LogP contribution in [0.2, 0.25) is 0 Å². The van der Waals surface area contributed by atoms with Crippen molar-refractivity contribution in [2.75, 3.05) is 6.54 Å². The van der Waals surface area contributed by atoms with Crippen LogP contribution in [0.1, 0.15) is 37.6 Å². The van der Waals surface area contributed by atoms with Gasteiger partial charge in [0.25, 0.3) is 5.91 Å². The van der Waals surface area contributed by atoms with Crippen LogP contribution < -0.4 is 5.32 Å². The Bertz CT molecular complexity index is 454. The molecule has 1 aromatic carbocycles. The van der Waals surface area contributed by atoms with Gasteiger partial charge in [0.05, 0.1) is 10.6 Å². The molecule has 106 valence electrons. The van der Waals surface area contributed by atoms with Gasteiger partial charge < -0.3 is 15.5 Å². The third kappa shape index (κ3) is 5.61. The Hall–Kier alpha value is -1.07. The molecule has 0 spiro atoms. The number of halogens is 1. The fraction of sp³-hybridized carbons (Fsp3) is 0.500. The lowest BCUT2D eigenvalue weighted by Crippen LogP contribution is -2.34. The minimum Gasteiger partial charge on any atom is -0.507 e. The van der Waals surface area contributed by atoms with Gasteiger partial charge in [0.2, 0.25) is 0 Å². The number of phenolic OH excluding ortho intramolecular Hbond substituents is 1. The summed E-state index contributed by atoms with van der Waals surface area (Å²) in [4.78, 5) is 11.8. The number of aliphatic hydroxyl groups is 1. The van der Waals surface area contributed by atoms with E-state index in [4.69, 9.17) is 0 Å². The van der Waals surface area contributed by atoms with Crippen molar-refractivity contribution in [1.29, 1.82) is 0 Å².